The molecule has 0 atom stereocenters. The highest BCUT2D eigenvalue weighted by Crippen LogP contribution is 2.38. The van der Waals surface area contributed by atoms with Crippen molar-refractivity contribution in [1.29, 1.82) is 0 Å². The Morgan fingerprint density at radius 2 is 2.00 bits per heavy atom. The topological polar surface area (TPSA) is 137 Å². The zero-order chi connectivity index (χ0) is 19.9. The first-order valence-electron chi connectivity index (χ1n) is 7.45. The Morgan fingerprint density at radius 3 is 2.61 bits per heavy atom. The van der Waals surface area contributed by atoms with E-state index in [0.29, 0.717) is 21.9 Å². The van der Waals surface area contributed by atoms with Crippen LogP contribution in [0.4, 0.5) is 5.69 Å². The van der Waals surface area contributed by atoms with Crippen molar-refractivity contribution in [3.8, 4) is 11.3 Å². The number of guanidine groups is 1. The Hall–Kier alpha value is -2.40. The van der Waals surface area contributed by atoms with Crippen molar-refractivity contribution in [3.05, 3.63) is 48.6 Å². The number of fused-ring (bicyclic) bond motifs is 1. The molecule has 0 fully saturated rings. The van der Waals surface area contributed by atoms with Gasteiger partial charge < -0.3 is 11.5 Å². The molecule has 0 spiro atoms. The minimum Gasteiger partial charge on any atom is -0.369 e. The molecule has 0 amide bonds. The van der Waals surface area contributed by atoms with Crippen LogP contribution in [-0.4, -0.2) is 26.5 Å². The van der Waals surface area contributed by atoms with Crippen LogP contribution in [0.15, 0.2) is 22.3 Å². The van der Waals surface area contributed by atoms with Gasteiger partial charge in [-0.15, -0.1) is 28.8 Å². The molecule has 0 saturated carbocycles. The maximum atomic E-state index is 11.3. The summed E-state index contributed by atoms with van der Waals surface area (Å²) in [5.41, 5.74) is 12.6. The molecule has 2 aromatic heterocycles. The zero-order valence-electron chi connectivity index (χ0n) is 14.5. The Kier molecular flexibility index (Phi) is 6.50. The van der Waals surface area contributed by atoms with E-state index in [2.05, 4.69) is 15.2 Å². The quantitative estimate of drug-likeness (QED) is 0.262. The van der Waals surface area contributed by atoms with Crippen LogP contribution in [0.1, 0.15) is 16.3 Å². The van der Waals surface area contributed by atoms with Crippen molar-refractivity contribution in [2.45, 2.75) is 13.8 Å². The van der Waals surface area contributed by atoms with E-state index in [9.17, 15) is 10.1 Å². The summed E-state index contributed by atoms with van der Waals surface area (Å²) in [6.45, 7) is 3.89. The van der Waals surface area contributed by atoms with E-state index in [4.69, 9.17) is 34.7 Å². The van der Waals surface area contributed by atoms with Gasteiger partial charge >= 0.3 is 0 Å². The Labute approximate surface area is 179 Å². The number of halogens is 3. The van der Waals surface area contributed by atoms with E-state index in [1.807, 2.05) is 18.2 Å². The van der Waals surface area contributed by atoms with E-state index in [1.54, 1.807) is 0 Å². The fraction of sp³-hybridized carbons (Fsp3) is 0.133. The first-order chi connectivity index (χ1) is 12.7. The first kappa shape index (κ1) is 21.9. The number of benzene rings is 1. The SMILES string of the molecule is Cc1sc2nc(-c3cc([N+](=O)[O-])c(Cl)cc3Cl)c(/C=N/N=C(N)N)n2c1C.Cl. The van der Waals surface area contributed by atoms with Gasteiger partial charge in [0.2, 0.25) is 5.96 Å². The molecular weight excluding hydrogens is 449 g/mol. The minimum atomic E-state index is -0.580. The van der Waals surface area contributed by atoms with Crippen LogP contribution in [0, 0.1) is 24.0 Å². The van der Waals surface area contributed by atoms with Crippen molar-refractivity contribution in [2.24, 2.45) is 21.7 Å². The lowest BCUT2D eigenvalue weighted by Gasteiger charge is -2.05. The summed E-state index contributed by atoms with van der Waals surface area (Å²) in [4.78, 5) is 17.0. The van der Waals surface area contributed by atoms with Gasteiger partial charge in [-0.25, -0.2) is 4.98 Å². The van der Waals surface area contributed by atoms with Crippen LogP contribution in [0.2, 0.25) is 10.0 Å². The molecule has 0 radical (unpaired) electrons. The zero-order valence-corrected chi connectivity index (χ0v) is 17.7. The summed E-state index contributed by atoms with van der Waals surface area (Å²) in [6.07, 6.45) is 1.42. The number of nitro benzene ring substituents is 1. The number of aryl methyl sites for hydroxylation is 2. The number of imidazole rings is 1. The van der Waals surface area contributed by atoms with Gasteiger partial charge in [0.25, 0.3) is 5.69 Å². The maximum Gasteiger partial charge on any atom is 0.288 e. The molecule has 1 aromatic carbocycles. The normalized spacial score (nSPS) is 11.0. The van der Waals surface area contributed by atoms with Crippen LogP contribution >= 0.6 is 46.9 Å². The number of nitro groups is 1. The highest BCUT2D eigenvalue weighted by molar-refractivity contribution is 7.17. The molecular formula is C15H14Cl3N7O2S. The summed E-state index contributed by atoms with van der Waals surface area (Å²) in [5, 5.41) is 18.9. The van der Waals surface area contributed by atoms with Gasteiger partial charge in [0.15, 0.2) is 4.96 Å². The second-order valence-electron chi connectivity index (χ2n) is 5.52. The van der Waals surface area contributed by atoms with Crippen LogP contribution in [0.5, 0.6) is 0 Å². The number of hydrogen-bond acceptors (Lipinski definition) is 6. The molecule has 28 heavy (non-hydrogen) atoms. The lowest BCUT2D eigenvalue weighted by atomic mass is 10.1. The van der Waals surface area contributed by atoms with E-state index < -0.39 is 4.92 Å². The lowest BCUT2D eigenvalue weighted by molar-refractivity contribution is -0.384. The van der Waals surface area contributed by atoms with Gasteiger partial charge in [0.1, 0.15) is 10.7 Å². The molecule has 148 valence electrons. The molecule has 4 N–H and O–H groups in total. The van der Waals surface area contributed by atoms with Gasteiger partial charge in [-0.1, -0.05) is 23.2 Å². The molecule has 9 nitrogen and oxygen atoms in total. The largest absolute Gasteiger partial charge is 0.369 e. The second kappa shape index (κ2) is 8.31. The van der Waals surface area contributed by atoms with Crippen molar-refractivity contribution in [2.75, 3.05) is 0 Å². The monoisotopic (exact) mass is 461 g/mol. The highest BCUT2D eigenvalue weighted by atomic mass is 35.5. The summed E-state index contributed by atoms with van der Waals surface area (Å²) in [6, 6.07) is 2.61. The molecule has 3 rings (SSSR count). The fourth-order valence-electron chi connectivity index (χ4n) is 2.50. The number of aromatic nitrogens is 2. The number of nitrogens with two attached hydrogens (primary N) is 2. The standard InChI is InChI=1S/C15H13Cl2N7O2S.ClH/c1-6-7(2)27-15-21-13(12(23(6)15)5-20-22-14(18)19)8-3-11(24(25)26)10(17)4-9(8)16;/h3-5H,1-2H3,(H4,18,19,22);1H/b20-5+;. The average Bonchev–Trinajstić information content (AvgIpc) is 3.04. The van der Waals surface area contributed by atoms with Crippen LogP contribution < -0.4 is 11.5 Å². The fourth-order valence-corrected chi connectivity index (χ4v) is 4.02. The van der Waals surface area contributed by atoms with E-state index in [0.717, 1.165) is 10.6 Å². The van der Waals surface area contributed by atoms with Crippen LogP contribution in [0.25, 0.3) is 16.2 Å². The third-order valence-corrected chi connectivity index (χ3v) is 5.49. The van der Waals surface area contributed by atoms with Crippen molar-refractivity contribution in [1.82, 2.24) is 9.38 Å². The molecule has 0 aliphatic carbocycles. The second-order valence-corrected chi connectivity index (χ2v) is 7.51. The third kappa shape index (κ3) is 3.90. The van der Waals surface area contributed by atoms with Gasteiger partial charge in [0, 0.05) is 22.2 Å². The molecule has 0 saturated heterocycles. The van der Waals surface area contributed by atoms with E-state index >= 15 is 0 Å². The Balaban J connectivity index is 0.00000280. The van der Waals surface area contributed by atoms with Gasteiger partial charge in [-0.05, 0) is 19.9 Å². The number of hydrogen-bond donors (Lipinski definition) is 2. The molecule has 2 heterocycles. The molecule has 0 unspecified atom stereocenters. The molecule has 3 aromatic rings. The van der Waals surface area contributed by atoms with Crippen molar-refractivity contribution >= 4 is 69.8 Å². The Morgan fingerprint density at radius 1 is 1.32 bits per heavy atom. The summed E-state index contributed by atoms with van der Waals surface area (Å²) in [7, 11) is 0. The summed E-state index contributed by atoms with van der Waals surface area (Å²) in [5.74, 6) is -0.202. The third-order valence-electron chi connectivity index (χ3n) is 3.81. The molecule has 0 aliphatic rings. The smallest absolute Gasteiger partial charge is 0.288 e. The molecule has 0 bridgehead atoms. The van der Waals surface area contributed by atoms with E-state index in [-0.39, 0.29) is 34.1 Å². The minimum absolute atomic E-state index is 0. The Bertz CT molecular complexity index is 1130. The summed E-state index contributed by atoms with van der Waals surface area (Å²) < 4.78 is 1.86. The van der Waals surface area contributed by atoms with Crippen LogP contribution in [0.3, 0.4) is 0 Å². The predicted octanol–water partition coefficient (Wildman–Crippen LogP) is 3.92. The first-order valence-corrected chi connectivity index (χ1v) is 9.02. The molecule has 13 heteroatoms. The van der Waals surface area contributed by atoms with Crippen molar-refractivity contribution in [3.63, 3.8) is 0 Å². The number of nitrogens with zero attached hydrogens (tertiary/aromatic N) is 5. The lowest BCUT2D eigenvalue weighted by Crippen LogP contribution is -2.21. The van der Waals surface area contributed by atoms with Crippen molar-refractivity contribution < 1.29 is 4.92 Å². The average molecular weight is 463 g/mol. The van der Waals surface area contributed by atoms with Gasteiger partial charge in [-0.2, -0.15) is 5.10 Å². The van der Waals surface area contributed by atoms with Gasteiger partial charge in [0.05, 0.1) is 21.9 Å². The maximum absolute atomic E-state index is 11.3. The number of thiazole rings is 1. The number of rotatable bonds is 4. The van der Waals surface area contributed by atoms with Crippen LogP contribution in [-0.2, 0) is 0 Å². The highest BCUT2D eigenvalue weighted by Gasteiger charge is 2.23. The summed E-state index contributed by atoms with van der Waals surface area (Å²) >= 11 is 13.7. The molecule has 0 aliphatic heterocycles. The predicted molar refractivity (Wildman–Crippen MR) is 115 cm³/mol. The van der Waals surface area contributed by atoms with Gasteiger partial charge in [-0.3, -0.25) is 14.5 Å². The van der Waals surface area contributed by atoms with E-state index in [1.165, 1.54) is 29.7 Å².